The minimum atomic E-state index is -1.82. The number of aromatic nitrogens is 2. The van der Waals surface area contributed by atoms with E-state index >= 15 is 0 Å². The van der Waals surface area contributed by atoms with E-state index < -0.39 is 47.0 Å². The summed E-state index contributed by atoms with van der Waals surface area (Å²) in [4.78, 5) is 65.6. The van der Waals surface area contributed by atoms with E-state index in [9.17, 15) is 29.4 Å². The highest BCUT2D eigenvalue weighted by Crippen LogP contribution is 2.45. The summed E-state index contributed by atoms with van der Waals surface area (Å²) < 4.78 is 23.9. The predicted molar refractivity (Wildman–Crippen MR) is 218 cm³/mol. The van der Waals surface area contributed by atoms with Crippen molar-refractivity contribution in [1.29, 1.82) is 0 Å². The maximum Gasteiger partial charge on any atom is 0.283 e. The number of benzene rings is 2. The van der Waals surface area contributed by atoms with E-state index in [2.05, 4.69) is 34.0 Å². The van der Waals surface area contributed by atoms with Crippen LogP contribution >= 0.6 is 22.7 Å². The molecule has 0 spiro atoms. The lowest BCUT2D eigenvalue weighted by Crippen LogP contribution is -2.44. The number of hydrogen-bond acceptors (Lipinski definition) is 14. The summed E-state index contributed by atoms with van der Waals surface area (Å²) in [5.41, 5.74) is 4.99. The molecule has 4 aliphatic rings. The number of aliphatic hydroxyl groups is 2. The number of amides is 4. The highest BCUT2D eigenvalue weighted by molar-refractivity contribution is 7.14. The minimum Gasteiger partial charge on any atom is -0.492 e. The molecule has 2 aromatic carbocycles. The number of likely N-dealkylation sites (tertiary alicyclic amines) is 2. The van der Waals surface area contributed by atoms with E-state index in [1.807, 2.05) is 0 Å². The van der Waals surface area contributed by atoms with Gasteiger partial charge in [-0.2, -0.15) is 0 Å². The molecule has 0 radical (unpaired) electrons. The van der Waals surface area contributed by atoms with Gasteiger partial charge in [0.05, 0.1) is 43.0 Å². The van der Waals surface area contributed by atoms with Crippen LogP contribution in [-0.4, -0.2) is 132 Å². The third-order valence-electron chi connectivity index (χ3n) is 10.8. The highest BCUT2D eigenvalue weighted by Gasteiger charge is 2.44. The second-order valence-electron chi connectivity index (χ2n) is 15.0. The first kappa shape index (κ1) is 40.9. The molecule has 16 nitrogen and oxygen atoms in total. The van der Waals surface area contributed by atoms with Crippen LogP contribution < -0.4 is 20.5 Å². The van der Waals surface area contributed by atoms with Crippen LogP contribution in [0.5, 0.6) is 11.5 Å². The third-order valence-corrected chi connectivity index (χ3v) is 13.2. The Morgan fingerprint density at radius 2 is 1.42 bits per heavy atom. The van der Waals surface area contributed by atoms with Gasteiger partial charge in [-0.3, -0.25) is 19.2 Å². The number of likely N-dealkylation sites (N-methyl/N-ethyl adjacent to an activating group) is 2. The topological polar surface area (TPSA) is 216 Å². The van der Waals surface area contributed by atoms with Gasteiger partial charge in [-0.25, -0.2) is 9.97 Å². The SMILES string of the molecule is COCC1COc2ccc(C#CC3(O)CCN(C)C3=O)cc2-c2nc(C(=O)NC3Oc4ccc(C#CC5(O)CCN(C)C5=O)cc4-c4nc(C(N)=O)sc4C3COC)sc21. The second kappa shape index (κ2) is 16.0. The van der Waals surface area contributed by atoms with Crippen molar-refractivity contribution in [2.75, 3.05) is 61.2 Å². The van der Waals surface area contributed by atoms with E-state index in [1.165, 1.54) is 28.2 Å². The molecule has 4 aliphatic heterocycles. The largest absolute Gasteiger partial charge is 0.492 e. The zero-order valence-corrected chi connectivity index (χ0v) is 34.6. The quantitative estimate of drug-likeness (QED) is 0.196. The van der Waals surface area contributed by atoms with Gasteiger partial charge in [-0.15, -0.1) is 22.7 Å². The molecule has 5 N–H and O–H groups in total. The molecule has 5 atom stereocenters. The van der Waals surface area contributed by atoms with Crippen LogP contribution in [0.4, 0.5) is 0 Å². The molecule has 2 aromatic heterocycles. The summed E-state index contributed by atoms with van der Waals surface area (Å²) in [6.45, 7) is 1.35. The van der Waals surface area contributed by atoms with Crippen LogP contribution in [0.2, 0.25) is 0 Å². The first-order valence-corrected chi connectivity index (χ1v) is 20.6. The zero-order chi connectivity index (χ0) is 42.5. The Morgan fingerprint density at radius 3 is 1.98 bits per heavy atom. The van der Waals surface area contributed by atoms with Crippen molar-refractivity contribution < 1.29 is 48.3 Å². The monoisotopic (exact) mass is 852 g/mol. The van der Waals surface area contributed by atoms with Gasteiger partial charge in [0.1, 0.15) is 11.5 Å². The predicted octanol–water partition coefficient (Wildman–Crippen LogP) is 1.92. The molecule has 2 saturated heterocycles. The van der Waals surface area contributed by atoms with Crippen LogP contribution in [0.3, 0.4) is 0 Å². The summed E-state index contributed by atoms with van der Waals surface area (Å²) in [6.07, 6.45) is -0.696. The molecule has 5 unspecified atom stereocenters. The lowest BCUT2D eigenvalue weighted by Gasteiger charge is -2.25. The number of carbonyl (C=O) groups is 4. The zero-order valence-electron chi connectivity index (χ0n) is 33.0. The van der Waals surface area contributed by atoms with Crippen molar-refractivity contribution in [3.63, 3.8) is 0 Å². The Morgan fingerprint density at radius 1 is 0.867 bits per heavy atom. The maximum atomic E-state index is 14.4. The van der Waals surface area contributed by atoms with Crippen molar-refractivity contribution in [3.8, 4) is 57.7 Å². The second-order valence-corrected chi connectivity index (χ2v) is 17.0. The molecule has 0 saturated carbocycles. The van der Waals surface area contributed by atoms with E-state index in [1.54, 1.807) is 57.6 Å². The normalized spacial score (nSPS) is 23.9. The number of hydrogen-bond donors (Lipinski definition) is 4. The summed E-state index contributed by atoms with van der Waals surface area (Å²) in [6, 6.07) is 10.2. The molecule has 18 heteroatoms. The number of rotatable bonds is 7. The number of nitrogens with two attached hydrogens (primary N) is 1. The highest BCUT2D eigenvalue weighted by atomic mass is 32.1. The molecule has 60 heavy (non-hydrogen) atoms. The van der Waals surface area contributed by atoms with Gasteiger partial charge < -0.3 is 50.0 Å². The van der Waals surface area contributed by atoms with E-state index in [0.29, 0.717) is 63.1 Å². The molecular weight excluding hydrogens is 813 g/mol. The number of nitrogens with one attached hydrogen (secondary N) is 1. The van der Waals surface area contributed by atoms with Gasteiger partial charge in [0.2, 0.25) is 11.2 Å². The molecular formula is C42H40N6O10S2. The average molecular weight is 853 g/mol. The standard InChI is InChI=1S/C42H40N6O10S2/c1-47-15-13-41(53,39(47)51)11-9-22-5-7-28-25(17-22)30-32(24(19-55-3)20-57-28)59-38(45-30)35(50)46-36-27(21-56-4)33-31(44-37(60-33)34(43)49)26-18-23(6-8-29(26)58-36)10-12-42(54)14-16-48(2)40(42)52/h5-8,17-18,24,27,36,53-54H,13-16,19-21H2,1-4H3,(H2,43,49)(H,46,50). The fourth-order valence-electron chi connectivity index (χ4n) is 7.50. The van der Waals surface area contributed by atoms with Crippen molar-refractivity contribution >= 4 is 46.3 Å². The van der Waals surface area contributed by atoms with E-state index in [0.717, 1.165) is 16.2 Å². The smallest absolute Gasteiger partial charge is 0.283 e. The number of fused-ring (bicyclic) bond motifs is 6. The first-order chi connectivity index (χ1) is 28.7. The minimum absolute atomic E-state index is 0.0403. The van der Waals surface area contributed by atoms with Crippen LogP contribution in [0, 0.1) is 23.7 Å². The maximum absolute atomic E-state index is 14.4. The number of primary amides is 1. The molecule has 4 aromatic rings. The number of ether oxygens (including phenoxy) is 4. The molecule has 0 bridgehead atoms. The van der Waals surface area contributed by atoms with Crippen LogP contribution in [0.1, 0.15) is 65.2 Å². The number of methoxy groups -OCH3 is 2. The fourth-order valence-corrected chi connectivity index (χ4v) is 9.59. The molecule has 0 aliphatic carbocycles. The summed E-state index contributed by atoms with van der Waals surface area (Å²) in [7, 11) is 6.30. The van der Waals surface area contributed by atoms with Gasteiger partial charge in [0.15, 0.2) is 16.2 Å². The third kappa shape index (κ3) is 7.47. The molecule has 6 heterocycles. The molecule has 8 rings (SSSR count). The Hall–Kier alpha value is -5.86. The fraction of sp³-hybridized carbons (Fsp3) is 0.381. The molecule has 2 fully saturated rings. The van der Waals surface area contributed by atoms with Crippen LogP contribution in [-0.2, 0) is 19.1 Å². The van der Waals surface area contributed by atoms with E-state index in [-0.39, 0.29) is 48.6 Å². The van der Waals surface area contributed by atoms with Crippen molar-refractivity contribution in [2.45, 2.75) is 42.1 Å². The Kier molecular flexibility index (Phi) is 10.9. The molecule has 310 valence electrons. The number of nitrogens with zero attached hydrogens (tertiary/aromatic N) is 4. The van der Waals surface area contributed by atoms with E-state index in [4.69, 9.17) is 29.7 Å². The van der Waals surface area contributed by atoms with Gasteiger partial charge in [-0.1, -0.05) is 23.7 Å². The Bertz CT molecular complexity index is 2570. The number of thiazole rings is 2. The lowest BCUT2D eigenvalue weighted by molar-refractivity contribution is -0.138. The van der Waals surface area contributed by atoms with Crippen LogP contribution in [0.15, 0.2) is 36.4 Å². The van der Waals surface area contributed by atoms with Gasteiger partial charge in [0, 0.05) is 86.3 Å². The lowest BCUT2D eigenvalue weighted by atomic mass is 10.00. The van der Waals surface area contributed by atoms with Crippen LogP contribution in [0.25, 0.3) is 22.5 Å². The number of carbonyl (C=O) groups excluding carboxylic acids is 4. The van der Waals surface area contributed by atoms with Gasteiger partial charge >= 0.3 is 0 Å². The van der Waals surface area contributed by atoms with Gasteiger partial charge in [0.25, 0.3) is 23.6 Å². The van der Waals surface area contributed by atoms with Crippen molar-refractivity contribution in [1.82, 2.24) is 25.1 Å². The summed E-state index contributed by atoms with van der Waals surface area (Å²) in [5, 5.41) is 25.0. The summed E-state index contributed by atoms with van der Waals surface area (Å²) >= 11 is 2.24. The summed E-state index contributed by atoms with van der Waals surface area (Å²) in [5.74, 6) is 8.99. The van der Waals surface area contributed by atoms with Crippen molar-refractivity contribution in [3.05, 3.63) is 67.3 Å². The molecule has 4 amide bonds. The Labute approximate surface area is 352 Å². The first-order valence-electron chi connectivity index (χ1n) is 18.9. The average Bonchev–Trinajstić information content (AvgIpc) is 3.97. The Balaban J connectivity index is 1.14. The van der Waals surface area contributed by atoms with Crippen molar-refractivity contribution in [2.24, 2.45) is 5.73 Å². The van der Waals surface area contributed by atoms with Gasteiger partial charge in [-0.05, 0) is 36.4 Å².